The second-order valence-corrected chi connectivity index (χ2v) is 11.0. The number of nitrogens with one attached hydrogen (secondary N) is 1. The molecule has 0 aliphatic carbocycles. The highest BCUT2D eigenvalue weighted by atomic mass is 32.2. The molecule has 0 fully saturated rings. The molecular formula is C23H25N5OS3. The normalized spacial score (nSPS) is 12.2. The number of hydrogen-bond donors (Lipinski definition) is 1. The van der Waals surface area contributed by atoms with Crippen molar-refractivity contribution in [3.8, 4) is 0 Å². The molecule has 32 heavy (non-hydrogen) atoms. The number of rotatable bonds is 8. The van der Waals surface area contributed by atoms with Crippen LogP contribution in [-0.4, -0.2) is 30.9 Å². The van der Waals surface area contributed by atoms with Gasteiger partial charge in [0.05, 0.1) is 21.2 Å². The Hall–Kier alpha value is -2.36. The number of para-hydroxylation sites is 2. The summed E-state index contributed by atoms with van der Waals surface area (Å²) in [5.41, 5.74) is 4.02. The Bertz CT molecular complexity index is 1200. The number of anilines is 1. The smallest absolute Gasteiger partial charge is 0.237 e. The molecule has 1 amide bonds. The van der Waals surface area contributed by atoms with E-state index in [2.05, 4.69) is 38.1 Å². The Kier molecular flexibility index (Phi) is 7.17. The molecule has 0 saturated carbocycles. The summed E-state index contributed by atoms with van der Waals surface area (Å²) < 4.78 is 4.28. The molecule has 6 nitrogen and oxygen atoms in total. The molecular weight excluding hydrogens is 458 g/mol. The maximum Gasteiger partial charge on any atom is 0.237 e. The summed E-state index contributed by atoms with van der Waals surface area (Å²) in [6.45, 7) is 8.72. The lowest BCUT2D eigenvalue weighted by atomic mass is 10.1. The molecule has 2 aromatic carbocycles. The predicted molar refractivity (Wildman–Crippen MR) is 135 cm³/mol. The molecule has 0 aliphatic heterocycles. The fourth-order valence-corrected chi connectivity index (χ4v) is 6.26. The minimum absolute atomic E-state index is 0.0385. The first-order valence-corrected chi connectivity index (χ1v) is 13.1. The number of hydrogen-bond acceptors (Lipinski definition) is 7. The van der Waals surface area contributed by atoms with Crippen LogP contribution in [-0.2, 0) is 17.1 Å². The van der Waals surface area contributed by atoms with E-state index in [1.807, 2.05) is 57.2 Å². The number of nitrogens with zero attached hydrogens (tertiary/aromatic N) is 4. The van der Waals surface area contributed by atoms with Crippen molar-refractivity contribution in [1.29, 1.82) is 0 Å². The summed E-state index contributed by atoms with van der Waals surface area (Å²) in [4.78, 5) is 17.5. The first kappa shape index (κ1) is 22.8. The number of thiazole rings is 1. The zero-order valence-electron chi connectivity index (χ0n) is 18.5. The Morgan fingerprint density at radius 1 is 1.12 bits per heavy atom. The van der Waals surface area contributed by atoms with E-state index in [1.165, 1.54) is 16.5 Å². The molecule has 1 N–H and O–H groups in total. The van der Waals surface area contributed by atoms with Crippen molar-refractivity contribution in [2.75, 3.05) is 5.32 Å². The van der Waals surface area contributed by atoms with Crippen LogP contribution in [0.15, 0.2) is 52.0 Å². The third-order valence-corrected chi connectivity index (χ3v) is 8.35. The number of benzene rings is 2. The van der Waals surface area contributed by atoms with Crippen LogP contribution in [0.3, 0.4) is 0 Å². The van der Waals surface area contributed by atoms with Crippen LogP contribution in [0.1, 0.15) is 30.8 Å². The molecule has 4 aromatic rings. The van der Waals surface area contributed by atoms with Crippen LogP contribution in [0.2, 0.25) is 0 Å². The van der Waals surface area contributed by atoms with Gasteiger partial charge in [-0.1, -0.05) is 53.9 Å². The highest BCUT2D eigenvalue weighted by Crippen LogP contribution is 2.32. The molecule has 166 valence electrons. The van der Waals surface area contributed by atoms with Crippen molar-refractivity contribution in [2.45, 2.75) is 54.7 Å². The lowest BCUT2D eigenvalue weighted by molar-refractivity contribution is -0.115. The van der Waals surface area contributed by atoms with Gasteiger partial charge in [0.25, 0.3) is 0 Å². The average Bonchev–Trinajstić information content (AvgIpc) is 3.37. The summed E-state index contributed by atoms with van der Waals surface area (Å²) in [6.07, 6.45) is 0. The number of aromatic nitrogens is 4. The molecule has 0 saturated heterocycles. The summed E-state index contributed by atoms with van der Waals surface area (Å²) in [5, 5.41) is 12.3. The molecule has 0 radical (unpaired) electrons. The van der Waals surface area contributed by atoms with Gasteiger partial charge in [-0.15, -0.1) is 21.5 Å². The minimum Gasteiger partial charge on any atom is -0.325 e. The van der Waals surface area contributed by atoms with E-state index in [4.69, 9.17) is 0 Å². The number of fused-ring (bicyclic) bond motifs is 1. The van der Waals surface area contributed by atoms with Gasteiger partial charge in [0.1, 0.15) is 5.82 Å². The minimum atomic E-state index is -0.298. The van der Waals surface area contributed by atoms with Crippen LogP contribution in [0.4, 0.5) is 5.69 Å². The standard InChI is InChI=1S/C23H25N5OS3/c1-5-28-19(13-30-23-24-17-11-6-7-12-18(17)32-23)26-27-22(28)31-16(4)21(29)25-20-14(2)9-8-10-15(20)3/h6-12,16H,5,13H2,1-4H3,(H,25,29). The molecule has 0 aliphatic rings. The lowest BCUT2D eigenvalue weighted by Crippen LogP contribution is -2.24. The fraction of sp³-hybridized carbons (Fsp3) is 0.304. The van der Waals surface area contributed by atoms with Crippen molar-refractivity contribution in [2.24, 2.45) is 0 Å². The first-order valence-electron chi connectivity index (χ1n) is 10.4. The van der Waals surface area contributed by atoms with Crippen molar-refractivity contribution < 1.29 is 4.79 Å². The topological polar surface area (TPSA) is 72.7 Å². The van der Waals surface area contributed by atoms with E-state index in [9.17, 15) is 4.79 Å². The average molecular weight is 484 g/mol. The van der Waals surface area contributed by atoms with Gasteiger partial charge in [0, 0.05) is 12.2 Å². The molecule has 2 aromatic heterocycles. The van der Waals surface area contributed by atoms with Crippen LogP contribution in [0, 0.1) is 13.8 Å². The monoisotopic (exact) mass is 483 g/mol. The number of carbonyl (C=O) groups excluding carboxylic acids is 1. The summed E-state index contributed by atoms with van der Waals surface area (Å²) >= 11 is 4.79. The van der Waals surface area contributed by atoms with Gasteiger partial charge in [-0.2, -0.15) is 0 Å². The summed E-state index contributed by atoms with van der Waals surface area (Å²) in [6, 6.07) is 14.2. The summed E-state index contributed by atoms with van der Waals surface area (Å²) in [7, 11) is 0. The van der Waals surface area contributed by atoms with Crippen LogP contribution in [0.25, 0.3) is 10.2 Å². The van der Waals surface area contributed by atoms with E-state index in [-0.39, 0.29) is 11.2 Å². The van der Waals surface area contributed by atoms with Crippen LogP contribution >= 0.6 is 34.9 Å². The number of thioether (sulfide) groups is 2. The van der Waals surface area contributed by atoms with Crippen molar-refractivity contribution in [3.63, 3.8) is 0 Å². The molecule has 4 rings (SSSR count). The zero-order valence-corrected chi connectivity index (χ0v) is 20.9. The molecule has 1 atom stereocenters. The largest absolute Gasteiger partial charge is 0.325 e. The van der Waals surface area contributed by atoms with E-state index >= 15 is 0 Å². The second kappa shape index (κ2) is 10.1. The van der Waals surface area contributed by atoms with Gasteiger partial charge < -0.3 is 9.88 Å². The van der Waals surface area contributed by atoms with Gasteiger partial charge in [-0.25, -0.2) is 4.98 Å². The number of aryl methyl sites for hydroxylation is 2. The van der Waals surface area contributed by atoms with Crippen molar-refractivity contribution in [3.05, 3.63) is 59.4 Å². The van der Waals surface area contributed by atoms with E-state index in [1.54, 1.807) is 23.1 Å². The lowest BCUT2D eigenvalue weighted by Gasteiger charge is -2.15. The van der Waals surface area contributed by atoms with Crippen LogP contribution < -0.4 is 5.32 Å². The van der Waals surface area contributed by atoms with Gasteiger partial charge >= 0.3 is 0 Å². The number of carbonyl (C=O) groups is 1. The third kappa shape index (κ3) is 5.00. The predicted octanol–water partition coefficient (Wildman–Crippen LogP) is 5.94. The van der Waals surface area contributed by atoms with Gasteiger partial charge in [-0.05, 0) is 51.0 Å². The van der Waals surface area contributed by atoms with Crippen molar-refractivity contribution >= 4 is 56.7 Å². The van der Waals surface area contributed by atoms with Gasteiger partial charge in [0.2, 0.25) is 5.91 Å². The van der Waals surface area contributed by atoms with Gasteiger partial charge in [-0.3, -0.25) is 4.79 Å². The van der Waals surface area contributed by atoms with Gasteiger partial charge in [0.15, 0.2) is 9.50 Å². The number of amides is 1. The maximum atomic E-state index is 12.8. The first-order chi connectivity index (χ1) is 15.5. The second-order valence-electron chi connectivity index (χ2n) is 7.40. The molecule has 9 heteroatoms. The quantitative estimate of drug-likeness (QED) is 0.313. The summed E-state index contributed by atoms with van der Waals surface area (Å²) in [5.74, 6) is 1.54. The van der Waals surface area contributed by atoms with E-state index in [0.29, 0.717) is 5.75 Å². The highest BCUT2D eigenvalue weighted by molar-refractivity contribution is 8.00. The highest BCUT2D eigenvalue weighted by Gasteiger charge is 2.21. The zero-order chi connectivity index (χ0) is 22.7. The molecule has 0 spiro atoms. The molecule has 0 bridgehead atoms. The SMILES string of the molecule is CCn1c(CSc2nc3ccccc3s2)nnc1SC(C)C(=O)Nc1c(C)cccc1C. The molecule has 1 unspecified atom stereocenters. The Morgan fingerprint density at radius 2 is 1.88 bits per heavy atom. The Balaban J connectivity index is 1.42. The van der Waals surface area contributed by atoms with Crippen LogP contribution in [0.5, 0.6) is 0 Å². The molecule has 2 heterocycles. The Labute approximate surface area is 200 Å². The van der Waals surface area contributed by atoms with E-state index in [0.717, 1.165) is 44.2 Å². The maximum absolute atomic E-state index is 12.8. The fourth-order valence-electron chi connectivity index (χ4n) is 3.32. The third-order valence-electron chi connectivity index (χ3n) is 5.09. The van der Waals surface area contributed by atoms with Crippen molar-refractivity contribution in [1.82, 2.24) is 19.7 Å². The van der Waals surface area contributed by atoms with E-state index < -0.39 is 0 Å². The Morgan fingerprint density at radius 3 is 2.59 bits per heavy atom.